The van der Waals surface area contributed by atoms with Crippen LogP contribution in [0.3, 0.4) is 0 Å². The van der Waals surface area contributed by atoms with E-state index in [4.69, 9.17) is 0 Å². The van der Waals surface area contributed by atoms with Crippen LogP contribution in [0, 0.1) is 0 Å². The zero-order chi connectivity index (χ0) is 35.7. The summed E-state index contributed by atoms with van der Waals surface area (Å²) >= 11 is 0. The van der Waals surface area contributed by atoms with Crippen molar-refractivity contribution in [3.8, 4) is 0 Å². The van der Waals surface area contributed by atoms with Gasteiger partial charge in [-0.1, -0.05) is 219 Å². The summed E-state index contributed by atoms with van der Waals surface area (Å²) in [4.78, 5) is 12.4. The second-order valence-corrected chi connectivity index (χ2v) is 15.5. The molecular weight excluding hydrogens is 602 g/mol. The molecule has 292 valence electrons. The summed E-state index contributed by atoms with van der Waals surface area (Å²) in [7, 11) is 0. The Morgan fingerprint density at radius 1 is 0.469 bits per heavy atom. The summed E-state index contributed by atoms with van der Waals surface area (Å²) in [5.41, 5.74) is 0. The number of carbonyl (C=O) groups is 1. The number of hydrogen-bond donors (Lipinski definition) is 3. The molecule has 0 spiro atoms. The number of hydrogen-bond acceptors (Lipinski definition) is 3. The van der Waals surface area contributed by atoms with E-state index in [1.807, 2.05) is 0 Å². The first-order valence-electron chi connectivity index (χ1n) is 22.4. The predicted molar refractivity (Wildman–Crippen MR) is 216 cm³/mol. The van der Waals surface area contributed by atoms with Crippen LogP contribution in [-0.4, -0.2) is 34.9 Å². The lowest BCUT2D eigenvalue weighted by atomic mass is 10.0. The van der Waals surface area contributed by atoms with Gasteiger partial charge in [0.1, 0.15) is 0 Å². The molecule has 0 radical (unpaired) electrons. The monoisotopic (exact) mass is 692 g/mol. The van der Waals surface area contributed by atoms with Crippen LogP contribution in [0.2, 0.25) is 0 Å². The van der Waals surface area contributed by atoms with Gasteiger partial charge < -0.3 is 15.5 Å². The van der Waals surface area contributed by atoms with Crippen molar-refractivity contribution in [3.05, 3.63) is 12.2 Å². The normalized spacial score (nSPS) is 13.0. The van der Waals surface area contributed by atoms with Gasteiger partial charge in [-0.25, -0.2) is 0 Å². The van der Waals surface area contributed by atoms with E-state index in [1.165, 1.54) is 193 Å². The maximum absolute atomic E-state index is 12.4. The molecule has 49 heavy (non-hydrogen) atoms. The van der Waals surface area contributed by atoms with Gasteiger partial charge >= 0.3 is 0 Å². The molecule has 0 unspecified atom stereocenters. The van der Waals surface area contributed by atoms with E-state index < -0.39 is 12.1 Å². The first-order chi connectivity index (χ1) is 24.2. The average Bonchev–Trinajstić information content (AvgIpc) is 3.10. The molecule has 0 rings (SSSR count). The van der Waals surface area contributed by atoms with Crippen LogP contribution in [0.15, 0.2) is 12.2 Å². The Balaban J connectivity index is 3.50. The minimum absolute atomic E-state index is 0.0363. The molecule has 0 aliphatic heterocycles. The molecule has 1 amide bonds. The van der Waals surface area contributed by atoms with E-state index in [1.54, 1.807) is 0 Å². The Kier molecular flexibility index (Phi) is 40.8. The molecule has 0 aliphatic carbocycles. The predicted octanol–water partition coefficient (Wildman–Crippen LogP) is 13.9. The van der Waals surface area contributed by atoms with Crippen molar-refractivity contribution < 1.29 is 15.0 Å². The largest absolute Gasteiger partial charge is 0.394 e. The lowest BCUT2D eigenvalue weighted by Crippen LogP contribution is -2.45. The Morgan fingerprint density at radius 3 is 1.12 bits per heavy atom. The van der Waals surface area contributed by atoms with Gasteiger partial charge in [0, 0.05) is 6.42 Å². The number of amides is 1. The van der Waals surface area contributed by atoms with Gasteiger partial charge in [0.15, 0.2) is 0 Å². The van der Waals surface area contributed by atoms with E-state index in [2.05, 4.69) is 31.3 Å². The molecule has 0 aromatic rings. The number of nitrogens with one attached hydrogen (secondary N) is 1. The van der Waals surface area contributed by atoms with E-state index in [0.717, 1.165) is 32.1 Å². The Hall–Kier alpha value is -0.870. The fourth-order valence-electron chi connectivity index (χ4n) is 7.06. The SMILES string of the molecule is CCCCCCCCCCCC/C=C/CCCC[C@@H](O)[C@H](CO)NC(=O)CCCCCCCCCCCCCCCCCCCCCCC. The van der Waals surface area contributed by atoms with Crippen molar-refractivity contribution in [2.24, 2.45) is 0 Å². The Labute approximate surface area is 307 Å². The molecule has 4 heteroatoms. The number of rotatable bonds is 41. The summed E-state index contributed by atoms with van der Waals surface area (Å²) in [6.07, 6.45) is 51.5. The van der Waals surface area contributed by atoms with Crippen LogP contribution in [0.25, 0.3) is 0 Å². The molecule has 2 atom stereocenters. The lowest BCUT2D eigenvalue weighted by molar-refractivity contribution is -0.123. The summed E-state index contributed by atoms with van der Waals surface area (Å²) in [6, 6.07) is -0.547. The minimum atomic E-state index is -0.677. The summed E-state index contributed by atoms with van der Waals surface area (Å²) in [5.74, 6) is -0.0363. The van der Waals surface area contributed by atoms with Gasteiger partial charge in [-0.15, -0.1) is 0 Å². The third-order valence-corrected chi connectivity index (χ3v) is 10.5. The van der Waals surface area contributed by atoms with E-state index >= 15 is 0 Å². The van der Waals surface area contributed by atoms with Crippen LogP contribution >= 0.6 is 0 Å². The number of allylic oxidation sites excluding steroid dienone is 2. The number of aliphatic hydroxyl groups excluding tert-OH is 2. The fourth-order valence-corrected chi connectivity index (χ4v) is 7.06. The first-order valence-corrected chi connectivity index (χ1v) is 22.4. The van der Waals surface area contributed by atoms with Crippen molar-refractivity contribution in [1.29, 1.82) is 0 Å². The number of aliphatic hydroxyl groups is 2. The Morgan fingerprint density at radius 2 is 0.776 bits per heavy atom. The molecule has 4 nitrogen and oxygen atoms in total. The van der Waals surface area contributed by atoms with Crippen molar-refractivity contribution in [2.75, 3.05) is 6.61 Å². The number of carbonyl (C=O) groups excluding carboxylic acids is 1. The number of unbranched alkanes of at least 4 members (excludes halogenated alkanes) is 32. The minimum Gasteiger partial charge on any atom is -0.394 e. The fraction of sp³-hybridized carbons (Fsp3) is 0.933. The molecule has 0 aromatic heterocycles. The van der Waals surface area contributed by atoms with Crippen LogP contribution < -0.4 is 5.32 Å². The zero-order valence-corrected chi connectivity index (χ0v) is 33.5. The maximum Gasteiger partial charge on any atom is 0.220 e. The molecule has 0 saturated carbocycles. The standard InChI is InChI=1S/C45H89NO3/c1-3-5-7-9-11-13-15-17-19-21-22-23-24-25-27-29-31-33-35-37-39-41-45(49)46-43(42-47)44(48)40-38-36-34-32-30-28-26-20-18-16-14-12-10-8-6-4-2/h30,32,43-44,47-48H,3-29,31,33-42H2,1-2H3,(H,46,49)/b32-30+/t43-,44+/m0/s1. The van der Waals surface area contributed by atoms with E-state index in [-0.39, 0.29) is 12.5 Å². The second-order valence-electron chi connectivity index (χ2n) is 15.5. The zero-order valence-electron chi connectivity index (χ0n) is 33.5. The van der Waals surface area contributed by atoms with Crippen LogP contribution in [-0.2, 0) is 4.79 Å². The van der Waals surface area contributed by atoms with Crippen LogP contribution in [0.4, 0.5) is 0 Å². The van der Waals surface area contributed by atoms with Gasteiger partial charge in [-0.2, -0.15) is 0 Å². The highest BCUT2D eigenvalue weighted by atomic mass is 16.3. The quantitative estimate of drug-likeness (QED) is 0.0441. The molecule has 0 heterocycles. The molecule has 3 N–H and O–H groups in total. The first kappa shape index (κ1) is 48.1. The Bertz CT molecular complexity index is 666. The van der Waals surface area contributed by atoms with Crippen molar-refractivity contribution in [3.63, 3.8) is 0 Å². The van der Waals surface area contributed by atoms with Gasteiger partial charge in [0.25, 0.3) is 0 Å². The van der Waals surface area contributed by atoms with Crippen LogP contribution in [0.1, 0.15) is 251 Å². The summed E-state index contributed by atoms with van der Waals surface area (Å²) in [5, 5.41) is 23.1. The van der Waals surface area contributed by atoms with E-state index in [9.17, 15) is 15.0 Å². The molecule has 0 aliphatic rings. The van der Waals surface area contributed by atoms with E-state index in [0.29, 0.717) is 12.8 Å². The van der Waals surface area contributed by atoms with Gasteiger partial charge in [0.2, 0.25) is 5.91 Å². The molecule has 0 bridgehead atoms. The summed E-state index contributed by atoms with van der Waals surface area (Å²) in [6.45, 7) is 4.37. The molecule has 0 saturated heterocycles. The highest BCUT2D eigenvalue weighted by Crippen LogP contribution is 2.16. The molecular formula is C45H89NO3. The topological polar surface area (TPSA) is 69.6 Å². The average molecular weight is 692 g/mol. The third-order valence-electron chi connectivity index (χ3n) is 10.5. The lowest BCUT2D eigenvalue weighted by Gasteiger charge is -2.22. The maximum atomic E-state index is 12.4. The second kappa shape index (κ2) is 41.5. The van der Waals surface area contributed by atoms with Crippen LogP contribution in [0.5, 0.6) is 0 Å². The molecule has 0 fully saturated rings. The third kappa shape index (κ3) is 38.2. The highest BCUT2D eigenvalue weighted by Gasteiger charge is 2.19. The van der Waals surface area contributed by atoms with Gasteiger partial charge in [-0.05, 0) is 38.5 Å². The van der Waals surface area contributed by atoms with Crippen molar-refractivity contribution in [2.45, 2.75) is 264 Å². The highest BCUT2D eigenvalue weighted by molar-refractivity contribution is 5.76. The van der Waals surface area contributed by atoms with Gasteiger partial charge in [0.05, 0.1) is 18.8 Å². The smallest absolute Gasteiger partial charge is 0.220 e. The van der Waals surface area contributed by atoms with Gasteiger partial charge in [-0.3, -0.25) is 4.79 Å². The van der Waals surface area contributed by atoms with Crippen molar-refractivity contribution >= 4 is 5.91 Å². The van der Waals surface area contributed by atoms with Crippen molar-refractivity contribution in [1.82, 2.24) is 5.32 Å². The summed E-state index contributed by atoms with van der Waals surface area (Å²) < 4.78 is 0. The molecule has 0 aromatic carbocycles.